The minimum absolute atomic E-state index is 0.736. The Bertz CT molecular complexity index is 3060. The topological polar surface area (TPSA) is 25.8 Å². The molecule has 5 heteroatoms. The van der Waals surface area contributed by atoms with Crippen LogP contribution in [0.2, 0.25) is 0 Å². The van der Waals surface area contributed by atoms with E-state index in [2.05, 4.69) is 181 Å². The van der Waals surface area contributed by atoms with Crippen LogP contribution in [0.15, 0.2) is 181 Å². The van der Waals surface area contributed by atoms with Crippen molar-refractivity contribution in [2.75, 3.05) is 0 Å². The molecule has 0 aliphatic heterocycles. The Labute approximate surface area is 330 Å². The van der Waals surface area contributed by atoms with Gasteiger partial charge in [0.1, 0.15) is 0 Å². The highest BCUT2D eigenvalue weighted by molar-refractivity contribution is 7.26. The van der Waals surface area contributed by atoms with E-state index in [-0.39, 0.29) is 0 Å². The second kappa shape index (κ2) is 13.3. The monoisotopic (exact) mass is 754 g/mol. The molecule has 0 N–H and O–H groups in total. The quantitative estimate of drug-likeness (QED) is 0.169. The summed E-state index contributed by atoms with van der Waals surface area (Å²) >= 11 is 5.41. The first-order valence-electron chi connectivity index (χ1n) is 18.3. The zero-order valence-corrected chi connectivity index (χ0v) is 31.9. The van der Waals surface area contributed by atoms with Crippen molar-refractivity contribution < 1.29 is 0 Å². The van der Waals surface area contributed by atoms with Crippen molar-refractivity contribution in [1.29, 1.82) is 0 Å². The molecular formula is C50H30N2S3. The molecule has 0 amide bonds. The van der Waals surface area contributed by atoms with Gasteiger partial charge in [-0.15, -0.1) is 34.0 Å². The molecule has 11 rings (SSSR count). The Hall–Kier alpha value is -6.24. The van der Waals surface area contributed by atoms with Gasteiger partial charge in [-0.05, 0) is 81.2 Å². The molecule has 0 fully saturated rings. The van der Waals surface area contributed by atoms with E-state index in [0.717, 1.165) is 33.2 Å². The molecule has 11 aromatic rings. The molecule has 258 valence electrons. The van der Waals surface area contributed by atoms with Crippen molar-refractivity contribution in [3.63, 3.8) is 0 Å². The van der Waals surface area contributed by atoms with Gasteiger partial charge in [-0.2, -0.15) is 0 Å². The summed E-state index contributed by atoms with van der Waals surface area (Å²) in [5.74, 6) is 0.736. The number of hydrogen-bond donors (Lipinski definition) is 0. The molecule has 0 bridgehead atoms. The highest BCUT2D eigenvalue weighted by Crippen LogP contribution is 2.45. The second-order valence-corrected chi connectivity index (χ2v) is 16.8. The lowest BCUT2D eigenvalue weighted by Gasteiger charge is -2.14. The van der Waals surface area contributed by atoms with E-state index >= 15 is 0 Å². The standard InChI is InChI=1S/C50H30N2S3/c1-2-11-31(12-3-1)32-22-24-33(25-23-32)43-30-44(52-50(51-43)47-21-10-26-53-47)36-28-34(37-15-8-17-41-39-13-4-6-19-45(39)54-48(37)41)27-35(29-36)38-16-9-18-42-40-14-5-7-20-46(40)55-49(38)42/h1-30H. The van der Waals surface area contributed by atoms with Crippen molar-refractivity contribution in [2.24, 2.45) is 0 Å². The number of aromatic nitrogens is 2. The highest BCUT2D eigenvalue weighted by atomic mass is 32.1. The summed E-state index contributed by atoms with van der Waals surface area (Å²) in [5, 5.41) is 7.28. The van der Waals surface area contributed by atoms with Gasteiger partial charge in [0.05, 0.1) is 16.3 Å². The largest absolute Gasteiger partial charge is 0.227 e. The lowest BCUT2D eigenvalue weighted by Crippen LogP contribution is -1.96. The van der Waals surface area contributed by atoms with Crippen molar-refractivity contribution >= 4 is 74.4 Å². The molecule has 2 nitrogen and oxygen atoms in total. The first kappa shape index (κ1) is 32.2. The smallest absolute Gasteiger partial charge is 0.170 e. The molecule has 0 saturated carbocycles. The number of fused-ring (bicyclic) bond motifs is 6. The molecule has 0 saturated heterocycles. The summed E-state index contributed by atoms with van der Waals surface area (Å²) < 4.78 is 5.20. The second-order valence-electron chi connectivity index (χ2n) is 13.7. The minimum Gasteiger partial charge on any atom is -0.227 e. The first-order valence-corrected chi connectivity index (χ1v) is 20.8. The molecule has 0 spiro atoms. The lowest BCUT2D eigenvalue weighted by molar-refractivity contribution is 1.19. The Morgan fingerprint density at radius 3 is 1.45 bits per heavy atom. The summed E-state index contributed by atoms with van der Waals surface area (Å²) in [5.41, 5.74) is 11.1. The van der Waals surface area contributed by atoms with E-state index in [1.165, 1.54) is 73.7 Å². The summed E-state index contributed by atoms with van der Waals surface area (Å²) in [7, 11) is 0. The van der Waals surface area contributed by atoms with Crippen LogP contribution < -0.4 is 0 Å². The number of benzene rings is 7. The summed E-state index contributed by atoms with van der Waals surface area (Å²) in [6.07, 6.45) is 0. The third-order valence-electron chi connectivity index (χ3n) is 10.4. The van der Waals surface area contributed by atoms with Crippen LogP contribution in [0.25, 0.3) is 107 Å². The predicted octanol–water partition coefficient (Wildman–Crippen LogP) is 15.3. The van der Waals surface area contributed by atoms with Gasteiger partial charge in [0.25, 0.3) is 0 Å². The fourth-order valence-electron chi connectivity index (χ4n) is 7.76. The molecule has 0 aliphatic rings. The van der Waals surface area contributed by atoms with Gasteiger partial charge >= 0.3 is 0 Å². The molecule has 0 radical (unpaired) electrons. The molecule has 4 aromatic heterocycles. The van der Waals surface area contributed by atoms with Crippen molar-refractivity contribution in [1.82, 2.24) is 9.97 Å². The van der Waals surface area contributed by atoms with E-state index in [1.807, 2.05) is 22.7 Å². The Morgan fingerprint density at radius 2 is 0.855 bits per heavy atom. The maximum atomic E-state index is 5.31. The predicted molar refractivity (Wildman–Crippen MR) is 238 cm³/mol. The lowest BCUT2D eigenvalue weighted by atomic mass is 9.93. The van der Waals surface area contributed by atoms with Crippen LogP contribution in [0.1, 0.15) is 0 Å². The molecular weight excluding hydrogens is 725 g/mol. The average Bonchev–Trinajstić information content (AvgIpc) is 4.02. The van der Waals surface area contributed by atoms with Crippen LogP contribution in [-0.2, 0) is 0 Å². The van der Waals surface area contributed by atoms with Crippen LogP contribution in [0.5, 0.6) is 0 Å². The number of rotatable bonds is 6. The van der Waals surface area contributed by atoms with Gasteiger partial charge in [-0.3, -0.25) is 0 Å². The Balaban J connectivity index is 1.15. The Morgan fingerprint density at radius 1 is 0.345 bits per heavy atom. The third-order valence-corrected chi connectivity index (χ3v) is 13.7. The zero-order valence-electron chi connectivity index (χ0n) is 29.4. The van der Waals surface area contributed by atoms with Crippen LogP contribution in [0, 0.1) is 0 Å². The van der Waals surface area contributed by atoms with E-state index in [4.69, 9.17) is 9.97 Å². The van der Waals surface area contributed by atoms with E-state index in [1.54, 1.807) is 11.3 Å². The molecule has 7 aromatic carbocycles. The summed E-state index contributed by atoms with van der Waals surface area (Å²) in [6, 6.07) is 63.6. The number of hydrogen-bond acceptors (Lipinski definition) is 5. The van der Waals surface area contributed by atoms with Gasteiger partial charge < -0.3 is 0 Å². The van der Waals surface area contributed by atoms with E-state index in [9.17, 15) is 0 Å². The number of thiophene rings is 3. The SMILES string of the molecule is c1ccc(-c2ccc(-c3cc(-c4cc(-c5cccc6c5sc5ccccc56)cc(-c5cccc6c5sc5ccccc56)c4)nc(-c4cccs4)n3)cc2)cc1. The van der Waals surface area contributed by atoms with E-state index < -0.39 is 0 Å². The maximum Gasteiger partial charge on any atom is 0.170 e. The third kappa shape index (κ3) is 5.67. The van der Waals surface area contributed by atoms with Gasteiger partial charge in [0.2, 0.25) is 0 Å². The minimum atomic E-state index is 0.736. The van der Waals surface area contributed by atoms with Crippen LogP contribution in [-0.4, -0.2) is 9.97 Å². The summed E-state index contributed by atoms with van der Waals surface area (Å²) in [4.78, 5) is 11.5. The zero-order chi connectivity index (χ0) is 36.3. The van der Waals surface area contributed by atoms with Crippen molar-refractivity contribution in [3.8, 4) is 66.6 Å². The van der Waals surface area contributed by atoms with Gasteiger partial charge in [0.15, 0.2) is 5.82 Å². The highest BCUT2D eigenvalue weighted by Gasteiger charge is 2.18. The number of nitrogens with zero attached hydrogens (tertiary/aromatic N) is 2. The van der Waals surface area contributed by atoms with Crippen LogP contribution >= 0.6 is 34.0 Å². The fraction of sp³-hybridized carbons (Fsp3) is 0. The molecule has 0 unspecified atom stereocenters. The Kier molecular flexibility index (Phi) is 7.76. The van der Waals surface area contributed by atoms with Gasteiger partial charge in [-0.1, -0.05) is 133 Å². The van der Waals surface area contributed by atoms with Crippen LogP contribution in [0.3, 0.4) is 0 Å². The first-order chi connectivity index (χ1) is 27.2. The van der Waals surface area contributed by atoms with Crippen molar-refractivity contribution in [2.45, 2.75) is 0 Å². The van der Waals surface area contributed by atoms with E-state index in [0.29, 0.717) is 0 Å². The van der Waals surface area contributed by atoms with Gasteiger partial charge in [-0.25, -0.2) is 9.97 Å². The molecule has 0 atom stereocenters. The molecule has 4 heterocycles. The van der Waals surface area contributed by atoms with Gasteiger partial charge in [0, 0.05) is 51.5 Å². The maximum absolute atomic E-state index is 5.31. The normalized spacial score (nSPS) is 11.6. The average molecular weight is 755 g/mol. The molecule has 55 heavy (non-hydrogen) atoms. The fourth-order valence-corrected chi connectivity index (χ4v) is 10.9. The van der Waals surface area contributed by atoms with Crippen molar-refractivity contribution in [3.05, 3.63) is 181 Å². The molecule has 0 aliphatic carbocycles. The summed E-state index contributed by atoms with van der Waals surface area (Å²) in [6.45, 7) is 0. The van der Waals surface area contributed by atoms with Crippen LogP contribution in [0.4, 0.5) is 0 Å².